The highest BCUT2D eigenvalue weighted by Crippen LogP contribution is 2.28. The first-order valence-corrected chi connectivity index (χ1v) is 7.88. The van der Waals surface area contributed by atoms with Gasteiger partial charge in [-0.3, -0.25) is 4.79 Å². The summed E-state index contributed by atoms with van der Waals surface area (Å²) in [6.07, 6.45) is 2.71. The lowest BCUT2D eigenvalue weighted by Gasteiger charge is -2.13. The van der Waals surface area contributed by atoms with E-state index in [2.05, 4.69) is 24.5 Å². The number of carbonyl (C=O) groups excluding carboxylic acids is 1. The van der Waals surface area contributed by atoms with Crippen LogP contribution in [0.1, 0.15) is 33.1 Å². The van der Waals surface area contributed by atoms with Gasteiger partial charge in [0, 0.05) is 18.2 Å². The molecule has 1 saturated heterocycles. The van der Waals surface area contributed by atoms with E-state index in [1.54, 1.807) is 12.1 Å². The van der Waals surface area contributed by atoms with Gasteiger partial charge in [-0.05, 0) is 43.5 Å². The lowest BCUT2D eigenvalue weighted by Crippen LogP contribution is -2.27. The van der Waals surface area contributed by atoms with Gasteiger partial charge in [0.25, 0.3) is 0 Å². The van der Waals surface area contributed by atoms with Crippen LogP contribution >= 0.6 is 24.0 Å². The summed E-state index contributed by atoms with van der Waals surface area (Å²) in [6.45, 7) is 5.80. The summed E-state index contributed by atoms with van der Waals surface area (Å²) in [6, 6.07) is 5.65. The molecule has 1 aliphatic heterocycles. The van der Waals surface area contributed by atoms with Crippen LogP contribution < -0.4 is 15.4 Å². The van der Waals surface area contributed by atoms with Crippen molar-refractivity contribution < 1.29 is 9.53 Å². The van der Waals surface area contributed by atoms with Gasteiger partial charge in [0.15, 0.2) is 0 Å². The van der Waals surface area contributed by atoms with Gasteiger partial charge >= 0.3 is 0 Å². The van der Waals surface area contributed by atoms with Gasteiger partial charge in [-0.2, -0.15) is 0 Å². The molecule has 0 aliphatic carbocycles. The maximum Gasteiger partial charge on any atom is 0.225 e. The standard InChI is InChI=1S/C16H23ClN2O2.ClH/c1-11(2)10-21-15-6-5-13(8-14(15)17)19-16(20)9-12-4-3-7-18-12;/h5-6,8,11-12,18H,3-4,7,9-10H2,1-2H3,(H,19,20);1H. The molecule has 1 aliphatic rings. The van der Waals surface area contributed by atoms with Crippen LogP contribution in [0.25, 0.3) is 0 Å². The highest BCUT2D eigenvalue weighted by molar-refractivity contribution is 6.32. The Bertz CT molecular complexity index is 489. The Morgan fingerprint density at radius 2 is 2.27 bits per heavy atom. The minimum atomic E-state index is 0. The molecule has 1 aromatic rings. The molecule has 1 heterocycles. The predicted octanol–water partition coefficient (Wildman–Crippen LogP) is 3.88. The third-order valence-corrected chi connectivity index (χ3v) is 3.68. The molecule has 0 bridgehead atoms. The summed E-state index contributed by atoms with van der Waals surface area (Å²) in [5, 5.41) is 6.72. The quantitative estimate of drug-likeness (QED) is 0.821. The van der Waals surface area contributed by atoms with E-state index in [-0.39, 0.29) is 18.3 Å². The number of amides is 1. The number of anilines is 1. The molecule has 0 saturated carbocycles. The zero-order chi connectivity index (χ0) is 15.2. The molecule has 4 nitrogen and oxygen atoms in total. The maximum atomic E-state index is 12.0. The summed E-state index contributed by atoms with van der Waals surface area (Å²) >= 11 is 6.18. The van der Waals surface area contributed by atoms with Gasteiger partial charge in [0.05, 0.1) is 11.6 Å². The Balaban J connectivity index is 0.00000242. The van der Waals surface area contributed by atoms with Crippen molar-refractivity contribution >= 4 is 35.6 Å². The second-order valence-electron chi connectivity index (χ2n) is 5.90. The molecule has 1 atom stereocenters. The van der Waals surface area contributed by atoms with Gasteiger partial charge in [0.2, 0.25) is 5.91 Å². The largest absolute Gasteiger partial charge is 0.492 e. The van der Waals surface area contributed by atoms with Gasteiger partial charge in [-0.15, -0.1) is 12.4 Å². The Labute approximate surface area is 143 Å². The second-order valence-corrected chi connectivity index (χ2v) is 6.30. The first-order chi connectivity index (χ1) is 10.0. The average molecular weight is 347 g/mol. The van der Waals surface area contributed by atoms with E-state index in [1.807, 2.05) is 6.07 Å². The van der Waals surface area contributed by atoms with Crippen LogP contribution in [0.3, 0.4) is 0 Å². The molecule has 0 radical (unpaired) electrons. The van der Waals surface area contributed by atoms with E-state index < -0.39 is 0 Å². The number of ether oxygens (including phenoxy) is 1. The second kappa shape index (κ2) is 9.23. The van der Waals surface area contributed by atoms with Crippen LogP contribution in [-0.4, -0.2) is 25.1 Å². The molecule has 2 rings (SSSR count). The predicted molar refractivity (Wildman–Crippen MR) is 93.3 cm³/mol. The molecule has 6 heteroatoms. The van der Waals surface area contributed by atoms with E-state index >= 15 is 0 Å². The van der Waals surface area contributed by atoms with Gasteiger partial charge < -0.3 is 15.4 Å². The van der Waals surface area contributed by atoms with E-state index in [1.165, 1.54) is 0 Å². The number of benzene rings is 1. The molecule has 1 amide bonds. The van der Waals surface area contributed by atoms with Gasteiger partial charge in [-0.25, -0.2) is 0 Å². The first kappa shape index (κ1) is 19.1. The van der Waals surface area contributed by atoms with Crippen molar-refractivity contribution in [3.63, 3.8) is 0 Å². The third kappa shape index (κ3) is 6.03. The fourth-order valence-electron chi connectivity index (χ4n) is 2.32. The Hall–Kier alpha value is -0.970. The molecular weight excluding hydrogens is 323 g/mol. The van der Waals surface area contributed by atoms with E-state index in [4.69, 9.17) is 16.3 Å². The summed E-state index contributed by atoms with van der Waals surface area (Å²) in [4.78, 5) is 12.0. The van der Waals surface area contributed by atoms with Gasteiger partial charge in [-0.1, -0.05) is 25.4 Å². The summed E-state index contributed by atoms with van der Waals surface area (Å²) < 4.78 is 5.61. The van der Waals surface area contributed by atoms with Crippen molar-refractivity contribution in [1.29, 1.82) is 0 Å². The van der Waals surface area contributed by atoms with Crippen LogP contribution in [0.5, 0.6) is 5.75 Å². The van der Waals surface area contributed by atoms with Crippen molar-refractivity contribution in [3.05, 3.63) is 23.2 Å². The van der Waals surface area contributed by atoms with E-state index in [0.29, 0.717) is 41.4 Å². The van der Waals surface area contributed by atoms with Crippen molar-refractivity contribution in [1.82, 2.24) is 5.32 Å². The van der Waals surface area contributed by atoms with Crippen LogP contribution in [0.15, 0.2) is 18.2 Å². The van der Waals surface area contributed by atoms with Gasteiger partial charge in [0.1, 0.15) is 5.75 Å². The number of halogens is 2. The highest BCUT2D eigenvalue weighted by atomic mass is 35.5. The average Bonchev–Trinajstić information content (AvgIpc) is 2.90. The minimum Gasteiger partial charge on any atom is -0.492 e. The molecule has 22 heavy (non-hydrogen) atoms. The lowest BCUT2D eigenvalue weighted by molar-refractivity contribution is -0.116. The highest BCUT2D eigenvalue weighted by Gasteiger charge is 2.17. The molecule has 1 aromatic carbocycles. The zero-order valence-corrected chi connectivity index (χ0v) is 14.6. The van der Waals surface area contributed by atoms with Crippen LogP contribution in [0.2, 0.25) is 5.02 Å². The third-order valence-electron chi connectivity index (χ3n) is 3.38. The van der Waals surface area contributed by atoms with Crippen LogP contribution in [-0.2, 0) is 4.79 Å². The van der Waals surface area contributed by atoms with Crippen molar-refractivity contribution in [2.24, 2.45) is 5.92 Å². The topological polar surface area (TPSA) is 50.4 Å². The molecule has 1 unspecified atom stereocenters. The van der Waals surface area contributed by atoms with E-state index in [0.717, 1.165) is 19.4 Å². The molecule has 0 aromatic heterocycles. The summed E-state index contributed by atoms with van der Waals surface area (Å²) in [5.74, 6) is 1.11. The Morgan fingerprint density at radius 1 is 1.50 bits per heavy atom. The Morgan fingerprint density at radius 3 is 2.86 bits per heavy atom. The minimum absolute atomic E-state index is 0. The first-order valence-electron chi connectivity index (χ1n) is 7.50. The summed E-state index contributed by atoms with van der Waals surface area (Å²) in [7, 11) is 0. The zero-order valence-electron chi connectivity index (χ0n) is 13.0. The smallest absolute Gasteiger partial charge is 0.225 e. The molecule has 1 fully saturated rings. The Kier molecular flexibility index (Phi) is 8.01. The SMILES string of the molecule is CC(C)COc1ccc(NC(=O)CC2CCCN2)cc1Cl.Cl. The summed E-state index contributed by atoms with van der Waals surface area (Å²) in [5.41, 5.74) is 0.708. The number of rotatable bonds is 6. The molecule has 124 valence electrons. The van der Waals surface area contributed by atoms with E-state index in [9.17, 15) is 4.79 Å². The molecule has 0 spiro atoms. The number of hydrogen-bond donors (Lipinski definition) is 2. The monoisotopic (exact) mass is 346 g/mol. The van der Waals surface area contributed by atoms with Crippen molar-refractivity contribution in [2.45, 2.75) is 39.2 Å². The molecule has 2 N–H and O–H groups in total. The number of hydrogen-bond acceptors (Lipinski definition) is 3. The van der Waals surface area contributed by atoms with Crippen molar-refractivity contribution in [3.8, 4) is 5.75 Å². The molecular formula is C16H24Cl2N2O2. The fourth-order valence-corrected chi connectivity index (χ4v) is 2.55. The lowest BCUT2D eigenvalue weighted by atomic mass is 10.1. The normalized spacial score (nSPS) is 17.2. The van der Waals surface area contributed by atoms with Crippen molar-refractivity contribution in [2.75, 3.05) is 18.5 Å². The number of nitrogens with one attached hydrogen (secondary N) is 2. The number of carbonyl (C=O) groups is 1. The van der Waals surface area contributed by atoms with Crippen LogP contribution in [0, 0.1) is 5.92 Å². The van der Waals surface area contributed by atoms with Crippen LogP contribution in [0.4, 0.5) is 5.69 Å². The fraction of sp³-hybridized carbons (Fsp3) is 0.562. The maximum absolute atomic E-state index is 12.0.